The maximum Gasteiger partial charge on any atom is 0.293 e. The SMILES string of the molecule is COc1ccc2nc(NC(=O)c3ccc(Cn4cccn4)o3)sc2c1. The molecule has 0 unspecified atom stereocenters. The van der Waals surface area contributed by atoms with Crippen molar-refractivity contribution in [2.75, 3.05) is 12.4 Å². The summed E-state index contributed by atoms with van der Waals surface area (Å²) in [6.45, 7) is 0.473. The molecule has 3 heterocycles. The van der Waals surface area contributed by atoms with Gasteiger partial charge >= 0.3 is 0 Å². The van der Waals surface area contributed by atoms with Crippen LogP contribution in [-0.2, 0) is 6.54 Å². The molecule has 126 valence electrons. The molecule has 0 radical (unpaired) electrons. The molecular formula is C17H14N4O3S. The average Bonchev–Trinajstić information content (AvgIpc) is 3.34. The first-order valence-corrected chi connectivity index (χ1v) is 8.35. The number of amides is 1. The van der Waals surface area contributed by atoms with E-state index in [1.807, 2.05) is 30.5 Å². The van der Waals surface area contributed by atoms with Gasteiger partial charge in [-0.25, -0.2) is 4.98 Å². The standard InChI is InChI=1S/C17H14N4O3S/c1-23-11-3-5-13-15(9-11)25-17(19-13)20-16(22)14-6-4-12(24-14)10-21-8-2-7-18-21/h2-9H,10H2,1H3,(H,19,20,22). The van der Waals surface area contributed by atoms with E-state index in [0.717, 1.165) is 16.0 Å². The van der Waals surface area contributed by atoms with Crippen LogP contribution in [0.1, 0.15) is 16.3 Å². The lowest BCUT2D eigenvalue weighted by Crippen LogP contribution is -2.10. The first-order valence-electron chi connectivity index (χ1n) is 7.53. The van der Waals surface area contributed by atoms with Crippen LogP contribution in [0.15, 0.2) is 53.2 Å². The van der Waals surface area contributed by atoms with Crippen molar-refractivity contribution in [2.45, 2.75) is 6.54 Å². The second kappa shape index (κ2) is 6.40. The third-order valence-electron chi connectivity index (χ3n) is 3.58. The Kier molecular flexibility index (Phi) is 3.95. The van der Waals surface area contributed by atoms with E-state index in [0.29, 0.717) is 17.4 Å². The molecular weight excluding hydrogens is 340 g/mol. The number of aromatic nitrogens is 3. The van der Waals surface area contributed by atoms with E-state index < -0.39 is 0 Å². The lowest BCUT2D eigenvalue weighted by molar-refractivity contribution is 0.0994. The number of methoxy groups -OCH3 is 1. The number of anilines is 1. The van der Waals surface area contributed by atoms with Crippen LogP contribution in [0.4, 0.5) is 5.13 Å². The average molecular weight is 354 g/mol. The summed E-state index contributed by atoms with van der Waals surface area (Å²) in [6.07, 6.45) is 3.52. The van der Waals surface area contributed by atoms with Crippen LogP contribution in [0.5, 0.6) is 5.75 Å². The van der Waals surface area contributed by atoms with Gasteiger partial charge in [0.1, 0.15) is 11.5 Å². The number of benzene rings is 1. The van der Waals surface area contributed by atoms with Crippen molar-refractivity contribution in [3.63, 3.8) is 0 Å². The molecule has 0 atom stereocenters. The molecule has 4 rings (SSSR count). The van der Waals surface area contributed by atoms with Gasteiger partial charge in [0.25, 0.3) is 5.91 Å². The minimum absolute atomic E-state index is 0.235. The topological polar surface area (TPSA) is 82.2 Å². The van der Waals surface area contributed by atoms with E-state index in [-0.39, 0.29) is 11.7 Å². The third kappa shape index (κ3) is 3.24. The number of hydrogen-bond donors (Lipinski definition) is 1. The van der Waals surface area contributed by atoms with Crippen molar-refractivity contribution in [2.24, 2.45) is 0 Å². The summed E-state index contributed by atoms with van der Waals surface area (Å²) in [5.41, 5.74) is 0.805. The summed E-state index contributed by atoms with van der Waals surface area (Å²) in [7, 11) is 1.61. The normalized spacial score (nSPS) is 10.9. The summed E-state index contributed by atoms with van der Waals surface area (Å²) in [5.74, 6) is 1.31. The van der Waals surface area contributed by atoms with Gasteiger partial charge < -0.3 is 9.15 Å². The van der Waals surface area contributed by atoms with E-state index in [1.54, 1.807) is 30.1 Å². The summed E-state index contributed by atoms with van der Waals surface area (Å²) in [5, 5.41) is 7.39. The molecule has 0 bridgehead atoms. The number of thiazole rings is 1. The van der Waals surface area contributed by atoms with Gasteiger partial charge in [0.15, 0.2) is 10.9 Å². The summed E-state index contributed by atoms with van der Waals surface area (Å²) in [6, 6.07) is 10.8. The summed E-state index contributed by atoms with van der Waals surface area (Å²) >= 11 is 1.38. The van der Waals surface area contributed by atoms with Gasteiger partial charge in [-0.2, -0.15) is 5.10 Å². The lowest BCUT2D eigenvalue weighted by atomic mass is 10.3. The van der Waals surface area contributed by atoms with Gasteiger partial charge in [0, 0.05) is 12.4 Å². The third-order valence-corrected chi connectivity index (χ3v) is 4.51. The highest BCUT2D eigenvalue weighted by Gasteiger charge is 2.14. The number of nitrogens with zero attached hydrogens (tertiary/aromatic N) is 3. The number of rotatable bonds is 5. The number of carbonyl (C=O) groups excluding carboxylic acids is 1. The fourth-order valence-corrected chi connectivity index (χ4v) is 3.27. The maximum absolute atomic E-state index is 12.3. The molecule has 7 nitrogen and oxygen atoms in total. The zero-order valence-corrected chi connectivity index (χ0v) is 14.1. The molecule has 0 fully saturated rings. The van der Waals surface area contributed by atoms with Crippen molar-refractivity contribution in [3.05, 3.63) is 60.3 Å². The van der Waals surface area contributed by atoms with Gasteiger partial charge in [-0.3, -0.25) is 14.8 Å². The van der Waals surface area contributed by atoms with E-state index in [1.165, 1.54) is 11.3 Å². The van der Waals surface area contributed by atoms with Crippen molar-refractivity contribution >= 4 is 32.6 Å². The molecule has 0 aliphatic rings. The summed E-state index contributed by atoms with van der Waals surface area (Å²) in [4.78, 5) is 16.7. The molecule has 1 aromatic carbocycles. The second-order valence-electron chi connectivity index (χ2n) is 5.28. The Hall–Kier alpha value is -3.13. The van der Waals surface area contributed by atoms with Crippen LogP contribution in [0.25, 0.3) is 10.2 Å². The van der Waals surface area contributed by atoms with Crippen molar-refractivity contribution < 1.29 is 13.9 Å². The van der Waals surface area contributed by atoms with Crippen molar-refractivity contribution in [1.82, 2.24) is 14.8 Å². The quantitative estimate of drug-likeness (QED) is 0.594. The highest BCUT2D eigenvalue weighted by atomic mass is 32.1. The highest BCUT2D eigenvalue weighted by molar-refractivity contribution is 7.22. The molecule has 0 saturated carbocycles. The number of ether oxygens (including phenoxy) is 1. The van der Waals surface area contributed by atoms with E-state index >= 15 is 0 Å². The monoisotopic (exact) mass is 354 g/mol. The molecule has 8 heteroatoms. The van der Waals surface area contributed by atoms with Crippen LogP contribution in [0, 0.1) is 0 Å². The highest BCUT2D eigenvalue weighted by Crippen LogP contribution is 2.29. The Labute approximate surface area is 146 Å². The van der Waals surface area contributed by atoms with Gasteiger partial charge in [0.05, 0.1) is 23.9 Å². The Balaban J connectivity index is 1.49. The number of carbonyl (C=O) groups is 1. The predicted octanol–water partition coefficient (Wildman–Crippen LogP) is 3.40. The predicted molar refractivity (Wildman–Crippen MR) is 94.2 cm³/mol. The van der Waals surface area contributed by atoms with Crippen LogP contribution < -0.4 is 10.1 Å². The molecule has 0 saturated heterocycles. The molecule has 1 N–H and O–H groups in total. The first-order chi connectivity index (χ1) is 12.2. The molecule has 0 aliphatic carbocycles. The maximum atomic E-state index is 12.3. The number of furan rings is 1. The van der Waals surface area contributed by atoms with E-state index in [4.69, 9.17) is 9.15 Å². The smallest absolute Gasteiger partial charge is 0.293 e. The molecule has 3 aromatic heterocycles. The molecule has 4 aromatic rings. The van der Waals surface area contributed by atoms with Crippen LogP contribution >= 0.6 is 11.3 Å². The fraction of sp³-hybridized carbons (Fsp3) is 0.118. The Morgan fingerprint density at radius 2 is 2.28 bits per heavy atom. The van der Waals surface area contributed by atoms with E-state index in [2.05, 4.69) is 15.4 Å². The summed E-state index contributed by atoms with van der Waals surface area (Å²) < 4.78 is 13.4. The van der Waals surface area contributed by atoms with Gasteiger partial charge in [0.2, 0.25) is 0 Å². The minimum Gasteiger partial charge on any atom is -0.497 e. The van der Waals surface area contributed by atoms with Gasteiger partial charge in [-0.05, 0) is 36.4 Å². The fourth-order valence-electron chi connectivity index (χ4n) is 2.38. The number of nitrogens with one attached hydrogen (secondary N) is 1. The molecule has 0 spiro atoms. The zero-order chi connectivity index (χ0) is 17.2. The first kappa shape index (κ1) is 15.4. The Morgan fingerprint density at radius 3 is 3.08 bits per heavy atom. The van der Waals surface area contributed by atoms with Crippen LogP contribution in [0.2, 0.25) is 0 Å². The number of fused-ring (bicyclic) bond motifs is 1. The molecule has 1 amide bonds. The van der Waals surface area contributed by atoms with Crippen LogP contribution in [0.3, 0.4) is 0 Å². The number of hydrogen-bond acceptors (Lipinski definition) is 6. The molecule has 25 heavy (non-hydrogen) atoms. The minimum atomic E-state index is -0.335. The van der Waals surface area contributed by atoms with Crippen LogP contribution in [-0.4, -0.2) is 27.8 Å². The van der Waals surface area contributed by atoms with Crippen molar-refractivity contribution in [3.8, 4) is 5.75 Å². The Morgan fingerprint density at radius 1 is 1.36 bits per heavy atom. The largest absolute Gasteiger partial charge is 0.497 e. The van der Waals surface area contributed by atoms with E-state index in [9.17, 15) is 4.79 Å². The zero-order valence-electron chi connectivity index (χ0n) is 13.3. The Bertz CT molecular complexity index is 1020. The lowest BCUT2D eigenvalue weighted by Gasteiger charge is -1.99. The second-order valence-corrected chi connectivity index (χ2v) is 6.31. The van der Waals surface area contributed by atoms with Gasteiger partial charge in [-0.15, -0.1) is 0 Å². The van der Waals surface area contributed by atoms with Gasteiger partial charge in [-0.1, -0.05) is 11.3 Å². The van der Waals surface area contributed by atoms with Crippen molar-refractivity contribution in [1.29, 1.82) is 0 Å². The molecule has 0 aliphatic heterocycles.